The summed E-state index contributed by atoms with van der Waals surface area (Å²) in [7, 11) is 0. The van der Waals surface area contributed by atoms with Crippen LogP contribution in [0, 0.1) is 0 Å². The lowest BCUT2D eigenvalue weighted by Crippen LogP contribution is -2.42. The Bertz CT molecular complexity index is 434. The highest BCUT2D eigenvalue weighted by Crippen LogP contribution is 2.15. The van der Waals surface area contributed by atoms with Crippen molar-refractivity contribution in [1.29, 1.82) is 0 Å². The van der Waals surface area contributed by atoms with Gasteiger partial charge in [0.15, 0.2) is 0 Å². The molecule has 0 aliphatic rings. The second-order valence-electron chi connectivity index (χ2n) is 5.86. The minimum absolute atomic E-state index is 0.0697. The fourth-order valence-electron chi connectivity index (χ4n) is 2.00. The average molecular weight is 293 g/mol. The zero-order valence-electron chi connectivity index (χ0n) is 13.6. The number of rotatable bonds is 8. The van der Waals surface area contributed by atoms with Crippen LogP contribution >= 0.6 is 0 Å². The Morgan fingerprint density at radius 3 is 2.33 bits per heavy atom. The molecule has 0 saturated heterocycles. The van der Waals surface area contributed by atoms with E-state index in [-0.39, 0.29) is 5.91 Å². The van der Waals surface area contributed by atoms with Crippen molar-refractivity contribution >= 4 is 5.91 Å². The fourth-order valence-corrected chi connectivity index (χ4v) is 2.00. The van der Waals surface area contributed by atoms with Crippen LogP contribution in [0.25, 0.3) is 0 Å². The number of nitrogens with zero attached hydrogens (tertiary/aromatic N) is 1. The van der Waals surface area contributed by atoms with Gasteiger partial charge in [0.2, 0.25) is 0 Å². The molecule has 0 aliphatic carbocycles. The van der Waals surface area contributed by atoms with Crippen LogP contribution in [0.1, 0.15) is 50.9 Å². The second-order valence-corrected chi connectivity index (χ2v) is 5.86. The van der Waals surface area contributed by atoms with Crippen LogP contribution < -0.4 is 4.74 Å². The topological polar surface area (TPSA) is 49.8 Å². The molecule has 0 radical (unpaired) electrons. The standard InChI is InChI=1S/C17H27NO3/c1-5-7-12-21-15-10-8-14(9-11-15)16(19)18(6-2)13-17(3,4)20/h8-11,20H,5-7,12-13H2,1-4H3. The summed E-state index contributed by atoms with van der Waals surface area (Å²) < 4.78 is 5.58. The normalized spacial score (nSPS) is 11.3. The number of ether oxygens (including phenoxy) is 1. The summed E-state index contributed by atoms with van der Waals surface area (Å²) in [5, 5.41) is 9.87. The van der Waals surface area contributed by atoms with Crippen LogP contribution in [0.3, 0.4) is 0 Å². The molecule has 1 amide bonds. The Morgan fingerprint density at radius 2 is 1.86 bits per heavy atom. The van der Waals surface area contributed by atoms with E-state index in [9.17, 15) is 9.90 Å². The lowest BCUT2D eigenvalue weighted by molar-refractivity contribution is 0.0314. The first kappa shape index (κ1) is 17.5. The van der Waals surface area contributed by atoms with E-state index >= 15 is 0 Å². The molecule has 0 aliphatic heterocycles. The molecule has 0 heterocycles. The maximum absolute atomic E-state index is 12.4. The number of benzene rings is 1. The highest BCUT2D eigenvalue weighted by atomic mass is 16.5. The highest BCUT2D eigenvalue weighted by Gasteiger charge is 2.22. The molecule has 0 fully saturated rings. The van der Waals surface area contributed by atoms with Crippen molar-refractivity contribution in [1.82, 2.24) is 4.90 Å². The van der Waals surface area contributed by atoms with Gasteiger partial charge in [-0.05, 0) is 51.5 Å². The third-order valence-corrected chi connectivity index (χ3v) is 3.11. The van der Waals surface area contributed by atoms with Crippen molar-refractivity contribution in [3.8, 4) is 5.75 Å². The summed E-state index contributed by atoms with van der Waals surface area (Å²) in [4.78, 5) is 14.0. The van der Waals surface area contributed by atoms with Crippen LogP contribution in [-0.2, 0) is 0 Å². The van der Waals surface area contributed by atoms with Gasteiger partial charge >= 0.3 is 0 Å². The van der Waals surface area contributed by atoms with Gasteiger partial charge in [0, 0.05) is 18.7 Å². The van der Waals surface area contributed by atoms with Crippen molar-refractivity contribution in [3.63, 3.8) is 0 Å². The minimum atomic E-state index is -0.894. The molecule has 1 rings (SSSR count). The molecule has 1 aromatic rings. The van der Waals surface area contributed by atoms with E-state index in [0.29, 0.717) is 25.3 Å². The molecular formula is C17H27NO3. The fraction of sp³-hybridized carbons (Fsp3) is 0.588. The van der Waals surface area contributed by atoms with Gasteiger partial charge in [-0.3, -0.25) is 4.79 Å². The van der Waals surface area contributed by atoms with Crippen LogP contribution in [0.15, 0.2) is 24.3 Å². The van der Waals surface area contributed by atoms with Gasteiger partial charge in [-0.25, -0.2) is 0 Å². The van der Waals surface area contributed by atoms with Crippen LogP contribution in [0.4, 0.5) is 0 Å². The predicted octanol–water partition coefficient (Wildman–Crippen LogP) is 3.10. The number of likely N-dealkylation sites (N-methyl/N-ethyl adjacent to an activating group) is 1. The van der Waals surface area contributed by atoms with Crippen molar-refractivity contribution in [2.45, 2.75) is 46.1 Å². The summed E-state index contributed by atoms with van der Waals surface area (Å²) in [6.07, 6.45) is 2.12. The molecule has 4 heteroatoms. The molecule has 0 unspecified atom stereocenters. The highest BCUT2D eigenvalue weighted by molar-refractivity contribution is 5.94. The van der Waals surface area contributed by atoms with Crippen molar-refractivity contribution < 1.29 is 14.6 Å². The van der Waals surface area contributed by atoms with E-state index in [1.54, 1.807) is 30.9 Å². The molecule has 0 aromatic heterocycles. The Hall–Kier alpha value is -1.55. The molecule has 0 bridgehead atoms. The quantitative estimate of drug-likeness (QED) is 0.749. The average Bonchev–Trinajstić information content (AvgIpc) is 2.44. The molecule has 1 aromatic carbocycles. The van der Waals surface area contributed by atoms with Crippen molar-refractivity contribution in [2.75, 3.05) is 19.7 Å². The number of amides is 1. The Morgan fingerprint density at radius 1 is 1.24 bits per heavy atom. The molecule has 0 spiro atoms. The minimum Gasteiger partial charge on any atom is -0.494 e. The largest absolute Gasteiger partial charge is 0.494 e. The molecule has 21 heavy (non-hydrogen) atoms. The number of carbonyl (C=O) groups excluding carboxylic acids is 1. The van der Waals surface area contributed by atoms with Gasteiger partial charge in [-0.15, -0.1) is 0 Å². The number of hydrogen-bond donors (Lipinski definition) is 1. The van der Waals surface area contributed by atoms with Crippen LogP contribution in [0.5, 0.6) is 5.75 Å². The predicted molar refractivity (Wildman–Crippen MR) is 84.7 cm³/mol. The van der Waals surface area contributed by atoms with Crippen molar-refractivity contribution in [2.24, 2.45) is 0 Å². The van der Waals surface area contributed by atoms with Crippen LogP contribution in [-0.4, -0.2) is 41.2 Å². The molecule has 1 N–H and O–H groups in total. The smallest absolute Gasteiger partial charge is 0.253 e. The van der Waals surface area contributed by atoms with E-state index in [0.717, 1.165) is 18.6 Å². The first-order chi connectivity index (χ1) is 9.87. The number of carbonyl (C=O) groups is 1. The summed E-state index contributed by atoms with van der Waals surface area (Å²) in [5.41, 5.74) is -0.279. The van der Waals surface area contributed by atoms with Gasteiger partial charge in [-0.1, -0.05) is 13.3 Å². The summed E-state index contributed by atoms with van der Waals surface area (Å²) in [6, 6.07) is 7.19. The molecule has 4 nitrogen and oxygen atoms in total. The molecular weight excluding hydrogens is 266 g/mol. The van der Waals surface area contributed by atoms with Crippen LogP contribution in [0.2, 0.25) is 0 Å². The monoisotopic (exact) mass is 293 g/mol. The summed E-state index contributed by atoms with van der Waals surface area (Å²) in [5.74, 6) is 0.713. The Balaban J connectivity index is 2.69. The summed E-state index contributed by atoms with van der Waals surface area (Å²) in [6.45, 7) is 9.01. The molecule has 0 saturated carbocycles. The van der Waals surface area contributed by atoms with Gasteiger partial charge in [0.1, 0.15) is 5.75 Å². The molecule has 0 atom stereocenters. The van der Waals surface area contributed by atoms with E-state index in [2.05, 4.69) is 6.92 Å². The number of unbranched alkanes of at least 4 members (excludes halogenated alkanes) is 1. The van der Waals surface area contributed by atoms with E-state index in [4.69, 9.17) is 4.74 Å². The first-order valence-corrected chi connectivity index (χ1v) is 7.62. The van der Waals surface area contributed by atoms with Gasteiger partial charge < -0.3 is 14.7 Å². The maximum atomic E-state index is 12.4. The lowest BCUT2D eigenvalue weighted by atomic mass is 10.1. The third-order valence-electron chi connectivity index (χ3n) is 3.11. The SMILES string of the molecule is CCCCOc1ccc(C(=O)N(CC)CC(C)(C)O)cc1. The third kappa shape index (κ3) is 6.17. The van der Waals surface area contributed by atoms with Gasteiger partial charge in [-0.2, -0.15) is 0 Å². The van der Waals surface area contributed by atoms with E-state index < -0.39 is 5.60 Å². The lowest BCUT2D eigenvalue weighted by Gasteiger charge is -2.28. The number of hydrogen-bond acceptors (Lipinski definition) is 3. The molecule has 118 valence electrons. The zero-order valence-corrected chi connectivity index (χ0v) is 13.6. The Kier molecular flexibility index (Phi) is 6.69. The summed E-state index contributed by atoms with van der Waals surface area (Å²) >= 11 is 0. The van der Waals surface area contributed by atoms with Gasteiger partial charge in [0.05, 0.1) is 12.2 Å². The Labute approximate surface area is 127 Å². The van der Waals surface area contributed by atoms with E-state index in [1.165, 1.54) is 0 Å². The van der Waals surface area contributed by atoms with Gasteiger partial charge in [0.25, 0.3) is 5.91 Å². The van der Waals surface area contributed by atoms with E-state index in [1.807, 2.05) is 19.1 Å². The van der Waals surface area contributed by atoms with Crippen molar-refractivity contribution in [3.05, 3.63) is 29.8 Å². The second kappa shape index (κ2) is 8.03. The maximum Gasteiger partial charge on any atom is 0.253 e. The first-order valence-electron chi connectivity index (χ1n) is 7.62. The number of aliphatic hydroxyl groups is 1. The zero-order chi connectivity index (χ0) is 15.9.